The molecule has 15 heavy (non-hydrogen) atoms. The lowest BCUT2D eigenvalue weighted by Crippen LogP contribution is -2.44. The molecule has 1 saturated carbocycles. The summed E-state index contributed by atoms with van der Waals surface area (Å²) in [5.41, 5.74) is 0.586. The molecule has 0 aromatic heterocycles. The first kappa shape index (κ1) is 11.8. The minimum Gasteiger partial charge on any atom is -0.310 e. The first-order chi connectivity index (χ1) is 7.07. The maximum Gasteiger partial charge on any atom is 0.0186 e. The van der Waals surface area contributed by atoms with Gasteiger partial charge in [-0.3, -0.25) is 0 Å². The largest absolute Gasteiger partial charge is 0.310 e. The highest BCUT2D eigenvalue weighted by Gasteiger charge is 2.33. The number of hydrogen-bond donors (Lipinski definition) is 1. The van der Waals surface area contributed by atoms with Gasteiger partial charge in [0.05, 0.1) is 0 Å². The van der Waals surface area contributed by atoms with Crippen LogP contribution in [0.2, 0.25) is 0 Å². The number of rotatable bonds is 2. The van der Waals surface area contributed by atoms with Gasteiger partial charge in [-0.1, -0.05) is 20.8 Å². The third-order valence-corrected chi connectivity index (χ3v) is 5.40. The maximum absolute atomic E-state index is 3.90. The second-order valence-electron chi connectivity index (χ2n) is 6.10. The summed E-state index contributed by atoms with van der Waals surface area (Å²) < 4.78 is 0. The second-order valence-corrected chi connectivity index (χ2v) is 7.58. The third-order valence-electron chi connectivity index (χ3n) is 4.03. The molecule has 0 radical (unpaired) electrons. The molecule has 1 aliphatic carbocycles. The highest BCUT2D eigenvalue weighted by atomic mass is 32.2. The molecule has 0 bridgehead atoms. The normalized spacial score (nSPS) is 40.6. The summed E-state index contributed by atoms with van der Waals surface area (Å²) in [4.78, 5) is 0. The van der Waals surface area contributed by atoms with Crippen LogP contribution in [0.25, 0.3) is 0 Å². The molecule has 88 valence electrons. The van der Waals surface area contributed by atoms with Crippen LogP contribution in [0.3, 0.4) is 0 Å². The standard InChI is InChI=1S/C13H25NS/c1-10-12(5-4-8-15-10)14-11-6-7-13(2,3)9-11/h10-12,14H,4-9H2,1-3H3. The molecule has 2 rings (SSSR count). The monoisotopic (exact) mass is 227 g/mol. The topological polar surface area (TPSA) is 12.0 Å². The smallest absolute Gasteiger partial charge is 0.0186 e. The minimum absolute atomic E-state index is 0.586. The molecule has 0 amide bonds. The fraction of sp³-hybridized carbons (Fsp3) is 1.00. The van der Waals surface area contributed by atoms with Crippen LogP contribution in [0.5, 0.6) is 0 Å². The van der Waals surface area contributed by atoms with Crippen LogP contribution in [-0.2, 0) is 0 Å². The molecule has 1 saturated heterocycles. The van der Waals surface area contributed by atoms with Crippen LogP contribution in [0, 0.1) is 5.41 Å². The van der Waals surface area contributed by atoms with Crippen molar-refractivity contribution in [1.82, 2.24) is 5.32 Å². The Balaban J connectivity index is 1.81. The summed E-state index contributed by atoms with van der Waals surface area (Å²) in [6.07, 6.45) is 6.97. The lowest BCUT2D eigenvalue weighted by atomic mass is 9.91. The van der Waals surface area contributed by atoms with Crippen molar-refractivity contribution in [2.24, 2.45) is 5.41 Å². The van der Waals surface area contributed by atoms with E-state index in [1.807, 2.05) is 0 Å². The Morgan fingerprint density at radius 3 is 2.67 bits per heavy atom. The van der Waals surface area contributed by atoms with Gasteiger partial charge >= 0.3 is 0 Å². The van der Waals surface area contributed by atoms with Crippen molar-refractivity contribution in [2.45, 2.75) is 70.2 Å². The zero-order valence-corrected chi connectivity index (χ0v) is 11.2. The van der Waals surface area contributed by atoms with Crippen molar-refractivity contribution in [3.05, 3.63) is 0 Å². The first-order valence-electron chi connectivity index (χ1n) is 6.44. The molecule has 2 heteroatoms. The van der Waals surface area contributed by atoms with Crippen LogP contribution in [0.4, 0.5) is 0 Å². The molecule has 1 nitrogen and oxygen atoms in total. The molecule has 2 fully saturated rings. The van der Waals surface area contributed by atoms with Crippen LogP contribution >= 0.6 is 11.8 Å². The summed E-state index contributed by atoms with van der Waals surface area (Å²) in [7, 11) is 0. The van der Waals surface area contributed by atoms with Crippen molar-refractivity contribution in [2.75, 3.05) is 5.75 Å². The van der Waals surface area contributed by atoms with E-state index in [1.54, 1.807) is 0 Å². The predicted molar refractivity (Wildman–Crippen MR) is 69.5 cm³/mol. The van der Waals surface area contributed by atoms with Gasteiger partial charge in [0.2, 0.25) is 0 Å². The fourth-order valence-corrected chi connectivity index (χ4v) is 4.18. The van der Waals surface area contributed by atoms with Crippen molar-refractivity contribution < 1.29 is 0 Å². The lowest BCUT2D eigenvalue weighted by Gasteiger charge is -2.32. The van der Waals surface area contributed by atoms with Gasteiger partial charge in [0.15, 0.2) is 0 Å². The van der Waals surface area contributed by atoms with Gasteiger partial charge in [-0.05, 0) is 43.3 Å². The quantitative estimate of drug-likeness (QED) is 0.775. The Kier molecular flexibility index (Phi) is 3.67. The van der Waals surface area contributed by atoms with E-state index in [0.717, 1.165) is 17.3 Å². The van der Waals surface area contributed by atoms with Gasteiger partial charge in [-0.25, -0.2) is 0 Å². The van der Waals surface area contributed by atoms with E-state index in [2.05, 4.69) is 37.8 Å². The summed E-state index contributed by atoms with van der Waals surface area (Å²) in [6.45, 7) is 7.21. The summed E-state index contributed by atoms with van der Waals surface area (Å²) in [5.74, 6) is 1.37. The summed E-state index contributed by atoms with van der Waals surface area (Å²) in [5, 5.41) is 4.72. The Morgan fingerprint density at radius 1 is 1.27 bits per heavy atom. The van der Waals surface area contributed by atoms with E-state index in [-0.39, 0.29) is 0 Å². The van der Waals surface area contributed by atoms with Gasteiger partial charge in [-0.2, -0.15) is 11.8 Å². The molecule has 0 aromatic carbocycles. The van der Waals surface area contributed by atoms with E-state index >= 15 is 0 Å². The van der Waals surface area contributed by atoms with Crippen LogP contribution in [-0.4, -0.2) is 23.1 Å². The Morgan fingerprint density at radius 2 is 2.07 bits per heavy atom. The highest BCUT2D eigenvalue weighted by molar-refractivity contribution is 7.99. The third kappa shape index (κ3) is 3.13. The molecular weight excluding hydrogens is 202 g/mol. The van der Waals surface area contributed by atoms with Gasteiger partial charge in [0, 0.05) is 17.3 Å². The van der Waals surface area contributed by atoms with Crippen molar-refractivity contribution >= 4 is 11.8 Å². The number of nitrogens with one attached hydrogen (secondary N) is 1. The molecule has 0 aromatic rings. The molecule has 1 heterocycles. The molecular formula is C13H25NS. The average Bonchev–Trinajstić information content (AvgIpc) is 2.50. The molecule has 3 unspecified atom stereocenters. The van der Waals surface area contributed by atoms with Crippen molar-refractivity contribution in [3.8, 4) is 0 Å². The maximum atomic E-state index is 3.90. The average molecular weight is 227 g/mol. The Labute approximate surface area is 98.8 Å². The fourth-order valence-electron chi connectivity index (χ4n) is 3.02. The zero-order valence-electron chi connectivity index (χ0n) is 10.4. The SMILES string of the molecule is CC1SCCCC1NC1CCC(C)(C)C1. The van der Waals surface area contributed by atoms with E-state index in [0.29, 0.717) is 5.41 Å². The van der Waals surface area contributed by atoms with Gasteiger partial charge in [-0.15, -0.1) is 0 Å². The predicted octanol–water partition coefficient (Wildman–Crippen LogP) is 3.44. The minimum atomic E-state index is 0.586. The van der Waals surface area contributed by atoms with Crippen LogP contribution in [0.15, 0.2) is 0 Å². The van der Waals surface area contributed by atoms with E-state index in [9.17, 15) is 0 Å². The Hall–Kier alpha value is 0.310. The van der Waals surface area contributed by atoms with Crippen LogP contribution in [0.1, 0.15) is 52.9 Å². The van der Waals surface area contributed by atoms with Crippen molar-refractivity contribution in [1.29, 1.82) is 0 Å². The molecule has 2 aliphatic rings. The molecule has 1 aliphatic heterocycles. The van der Waals surface area contributed by atoms with E-state index in [1.165, 1.54) is 37.9 Å². The van der Waals surface area contributed by atoms with Gasteiger partial charge < -0.3 is 5.32 Å². The molecule has 3 atom stereocenters. The lowest BCUT2D eigenvalue weighted by molar-refractivity contribution is 0.343. The molecule has 0 spiro atoms. The van der Waals surface area contributed by atoms with Crippen LogP contribution < -0.4 is 5.32 Å². The first-order valence-corrected chi connectivity index (χ1v) is 7.49. The van der Waals surface area contributed by atoms with E-state index in [4.69, 9.17) is 0 Å². The molecule has 1 N–H and O–H groups in total. The highest BCUT2D eigenvalue weighted by Crippen LogP contribution is 2.38. The summed E-state index contributed by atoms with van der Waals surface area (Å²) in [6, 6.07) is 1.58. The number of hydrogen-bond acceptors (Lipinski definition) is 2. The number of thioether (sulfide) groups is 1. The van der Waals surface area contributed by atoms with Gasteiger partial charge in [0.25, 0.3) is 0 Å². The zero-order chi connectivity index (χ0) is 10.9. The van der Waals surface area contributed by atoms with Gasteiger partial charge in [0.1, 0.15) is 0 Å². The Bertz CT molecular complexity index is 215. The summed E-state index contributed by atoms with van der Waals surface area (Å²) >= 11 is 2.15. The second kappa shape index (κ2) is 4.67. The van der Waals surface area contributed by atoms with E-state index < -0.39 is 0 Å². The van der Waals surface area contributed by atoms with Crippen molar-refractivity contribution in [3.63, 3.8) is 0 Å².